The standard InChI is InChI=1S/C20H39N7O6S/c1-11(2)9-12(21)16(29)25-13(6-8-34-3)17(30)27-15(10-28)18(31)26-14(19(32)33)5-4-7-24-20(22)23/h11-15,28H,4-10,21H2,1-3H3,(H,25,29)(H,26,31)(H,27,30)(H,32,33)(H4,22,23,24). The minimum absolute atomic E-state index is 0.0318. The molecule has 196 valence electrons. The molecule has 4 unspecified atom stereocenters. The highest BCUT2D eigenvalue weighted by Gasteiger charge is 2.29. The van der Waals surface area contributed by atoms with Gasteiger partial charge in [-0.2, -0.15) is 11.8 Å². The van der Waals surface area contributed by atoms with Crippen LogP contribution in [0.1, 0.15) is 39.5 Å². The second-order valence-corrected chi connectivity index (χ2v) is 9.16. The second-order valence-electron chi connectivity index (χ2n) is 8.17. The number of nitrogens with zero attached hydrogens (tertiary/aromatic N) is 1. The molecule has 0 heterocycles. The lowest BCUT2D eigenvalue weighted by Gasteiger charge is -2.24. The number of aliphatic carboxylic acids is 1. The molecule has 0 radical (unpaired) electrons. The Kier molecular flexibility index (Phi) is 15.7. The summed E-state index contributed by atoms with van der Waals surface area (Å²) in [5.41, 5.74) is 16.3. The number of aliphatic imine (C=N–C) groups is 1. The van der Waals surface area contributed by atoms with E-state index < -0.39 is 54.5 Å². The Hall–Kier alpha value is -2.58. The van der Waals surface area contributed by atoms with Crippen LogP contribution in [0.3, 0.4) is 0 Å². The summed E-state index contributed by atoms with van der Waals surface area (Å²) in [4.78, 5) is 52.9. The number of carboxylic acids is 1. The van der Waals surface area contributed by atoms with Crippen molar-refractivity contribution in [1.29, 1.82) is 0 Å². The van der Waals surface area contributed by atoms with E-state index in [-0.39, 0.29) is 37.7 Å². The zero-order valence-electron chi connectivity index (χ0n) is 20.0. The van der Waals surface area contributed by atoms with Gasteiger partial charge >= 0.3 is 5.97 Å². The summed E-state index contributed by atoms with van der Waals surface area (Å²) in [6, 6.07) is -4.45. The SMILES string of the molecule is CSCCC(NC(=O)C(N)CC(C)C)C(=O)NC(CO)C(=O)NC(CCCN=C(N)N)C(=O)O. The van der Waals surface area contributed by atoms with Crippen molar-refractivity contribution in [3.8, 4) is 0 Å². The van der Waals surface area contributed by atoms with Crippen molar-refractivity contribution >= 4 is 41.4 Å². The first kappa shape index (κ1) is 31.4. The number of nitrogens with one attached hydrogen (secondary N) is 3. The Morgan fingerprint density at radius 2 is 1.50 bits per heavy atom. The molecule has 0 bridgehead atoms. The molecule has 0 aliphatic carbocycles. The van der Waals surface area contributed by atoms with E-state index in [1.165, 1.54) is 11.8 Å². The van der Waals surface area contributed by atoms with Crippen LogP contribution in [0, 0.1) is 5.92 Å². The highest BCUT2D eigenvalue weighted by Crippen LogP contribution is 2.06. The van der Waals surface area contributed by atoms with Gasteiger partial charge in [0.15, 0.2) is 5.96 Å². The van der Waals surface area contributed by atoms with Crippen LogP contribution in [-0.2, 0) is 19.2 Å². The van der Waals surface area contributed by atoms with E-state index >= 15 is 0 Å². The molecular weight excluding hydrogens is 466 g/mol. The Labute approximate surface area is 204 Å². The summed E-state index contributed by atoms with van der Waals surface area (Å²) in [5, 5.41) is 26.2. The number of guanidine groups is 1. The van der Waals surface area contributed by atoms with Gasteiger partial charge in [0.1, 0.15) is 18.1 Å². The fourth-order valence-electron chi connectivity index (χ4n) is 2.90. The maximum atomic E-state index is 12.8. The van der Waals surface area contributed by atoms with Crippen molar-refractivity contribution in [1.82, 2.24) is 16.0 Å². The molecule has 11 N–H and O–H groups in total. The maximum Gasteiger partial charge on any atom is 0.326 e. The topological polar surface area (TPSA) is 235 Å². The average molecular weight is 506 g/mol. The first-order valence-corrected chi connectivity index (χ1v) is 12.4. The van der Waals surface area contributed by atoms with Crippen LogP contribution in [0.2, 0.25) is 0 Å². The van der Waals surface area contributed by atoms with Gasteiger partial charge in [0, 0.05) is 6.54 Å². The number of rotatable bonds is 17. The fraction of sp³-hybridized carbons (Fsp3) is 0.750. The number of aliphatic hydroxyl groups is 1. The van der Waals surface area contributed by atoms with E-state index in [1.54, 1.807) is 0 Å². The number of hydrogen-bond donors (Lipinski definition) is 8. The number of aliphatic hydroxyl groups excluding tert-OH is 1. The average Bonchev–Trinajstić information content (AvgIpc) is 2.75. The lowest BCUT2D eigenvalue weighted by Crippen LogP contribution is -2.58. The number of amides is 3. The van der Waals surface area contributed by atoms with E-state index in [9.17, 15) is 29.4 Å². The van der Waals surface area contributed by atoms with Crippen molar-refractivity contribution in [2.24, 2.45) is 28.1 Å². The van der Waals surface area contributed by atoms with Crippen molar-refractivity contribution in [2.75, 3.05) is 25.2 Å². The summed E-state index contributed by atoms with van der Waals surface area (Å²) < 4.78 is 0. The van der Waals surface area contributed by atoms with Gasteiger partial charge < -0.3 is 43.4 Å². The van der Waals surface area contributed by atoms with Gasteiger partial charge in [-0.1, -0.05) is 13.8 Å². The molecule has 14 heteroatoms. The zero-order valence-corrected chi connectivity index (χ0v) is 20.8. The number of carbonyl (C=O) groups excluding carboxylic acids is 3. The minimum atomic E-state index is -1.41. The summed E-state index contributed by atoms with van der Waals surface area (Å²) in [6.07, 6.45) is 2.86. The van der Waals surface area contributed by atoms with Gasteiger partial charge in [-0.25, -0.2) is 4.79 Å². The predicted octanol–water partition coefficient (Wildman–Crippen LogP) is -2.30. The third kappa shape index (κ3) is 13.2. The molecule has 13 nitrogen and oxygen atoms in total. The highest BCUT2D eigenvalue weighted by molar-refractivity contribution is 7.98. The van der Waals surface area contributed by atoms with E-state index in [0.717, 1.165) is 0 Å². The molecule has 0 spiro atoms. The molecule has 0 aliphatic rings. The molecule has 0 saturated heterocycles. The van der Waals surface area contributed by atoms with Crippen LogP contribution >= 0.6 is 11.8 Å². The van der Waals surface area contributed by atoms with Gasteiger partial charge in [-0.05, 0) is 43.6 Å². The fourth-order valence-corrected chi connectivity index (χ4v) is 3.37. The predicted molar refractivity (Wildman–Crippen MR) is 131 cm³/mol. The Bertz CT molecular complexity index is 703. The number of carbonyl (C=O) groups is 4. The van der Waals surface area contributed by atoms with Gasteiger partial charge in [0.2, 0.25) is 17.7 Å². The largest absolute Gasteiger partial charge is 0.480 e. The molecule has 0 aromatic heterocycles. The molecule has 0 rings (SSSR count). The van der Waals surface area contributed by atoms with Crippen LogP contribution in [-0.4, -0.2) is 89.2 Å². The van der Waals surface area contributed by atoms with Gasteiger partial charge in [0.05, 0.1) is 12.6 Å². The number of thioether (sulfide) groups is 1. The van der Waals surface area contributed by atoms with E-state index in [4.69, 9.17) is 17.2 Å². The molecule has 3 amide bonds. The first-order valence-electron chi connectivity index (χ1n) is 11.0. The summed E-state index contributed by atoms with van der Waals surface area (Å²) in [7, 11) is 0. The summed E-state index contributed by atoms with van der Waals surface area (Å²) in [5.74, 6) is -2.75. The van der Waals surface area contributed by atoms with Gasteiger partial charge in [0.25, 0.3) is 0 Å². The molecule has 0 saturated carbocycles. The second kappa shape index (κ2) is 16.9. The minimum Gasteiger partial charge on any atom is -0.480 e. The van der Waals surface area contributed by atoms with Crippen LogP contribution in [0.15, 0.2) is 4.99 Å². The van der Waals surface area contributed by atoms with Crippen molar-refractivity contribution < 1.29 is 29.4 Å². The van der Waals surface area contributed by atoms with E-state index in [1.807, 2.05) is 20.1 Å². The lowest BCUT2D eigenvalue weighted by atomic mass is 10.0. The normalized spacial score (nSPS) is 14.4. The third-order valence-electron chi connectivity index (χ3n) is 4.68. The molecular formula is C20H39N7O6S. The summed E-state index contributed by atoms with van der Waals surface area (Å²) >= 11 is 1.47. The maximum absolute atomic E-state index is 12.8. The molecule has 0 aromatic carbocycles. The van der Waals surface area contributed by atoms with Crippen LogP contribution in [0.25, 0.3) is 0 Å². The van der Waals surface area contributed by atoms with E-state index in [0.29, 0.717) is 12.2 Å². The Morgan fingerprint density at radius 3 is 2.00 bits per heavy atom. The van der Waals surface area contributed by atoms with E-state index in [2.05, 4.69) is 20.9 Å². The lowest BCUT2D eigenvalue weighted by molar-refractivity contribution is -0.142. The smallest absolute Gasteiger partial charge is 0.326 e. The number of hydrogen-bond acceptors (Lipinski definition) is 8. The van der Waals surface area contributed by atoms with Gasteiger partial charge in [-0.3, -0.25) is 19.4 Å². The Balaban J connectivity index is 5.15. The molecule has 4 atom stereocenters. The van der Waals surface area contributed by atoms with Crippen molar-refractivity contribution in [2.45, 2.75) is 63.7 Å². The molecule has 0 aliphatic heterocycles. The quantitative estimate of drug-likeness (QED) is 0.0597. The number of carboxylic acid groups (broad SMARTS) is 1. The van der Waals surface area contributed by atoms with Crippen molar-refractivity contribution in [3.05, 3.63) is 0 Å². The van der Waals surface area contributed by atoms with Crippen LogP contribution in [0.4, 0.5) is 0 Å². The van der Waals surface area contributed by atoms with Gasteiger partial charge in [-0.15, -0.1) is 0 Å². The molecule has 34 heavy (non-hydrogen) atoms. The first-order chi connectivity index (χ1) is 15.9. The third-order valence-corrected chi connectivity index (χ3v) is 5.33. The monoisotopic (exact) mass is 505 g/mol. The zero-order chi connectivity index (χ0) is 26.3. The summed E-state index contributed by atoms with van der Waals surface area (Å²) in [6.45, 7) is 3.24. The highest BCUT2D eigenvalue weighted by atomic mass is 32.2. The molecule has 0 fully saturated rings. The Morgan fingerprint density at radius 1 is 0.941 bits per heavy atom. The van der Waals surface area contributed by atoms with Crippen LogP contribution < -0.4 is 33.2 Å². The van der Waals surface area contributed by atoms with Crippen molar-refractivity contribution in [3.63, 3.8) is 0 Å². The number of nitrogens with two attached hydrogens (primary N) is 3. The van der Waals surface area contributed by atoms with Crippen LogP contribution in [0.5, 0.6) is 0 Å². The molecule has 0 aromatic rings.